The fourth-order valence-corrected chi connectivity index (χ4v) is 3.96. The maximum Gasteiger partial charge on any atom is 0.191 e. The molecule has 0 radical (unpaired) electrons. The second-order valence-electron chi connectivity index (χ2n) is 7.69. The Morgan fingerprint density at radius 3 is 2.89 bits per heavy atom. The van der Waals surface area contributed by atoms with Gasteiger partial charge in [-0.3, -0.25) is 4.99 Å². The number of piperidine rings is 1. The van der Waals surface area contributed by atoms with E-state index in [1.54, 1.807) is 0 Å². The SMILES string of the molecule is CN=C(NCCCCN1CCCC(C)C1)NCC1Cc2ccccc2O1.I. The van der Waals surface area contributed by atoms with Gasteiger partial charge >= 0.3 is 0 Å². The molecule has 1 aromatic rings. The predicted molar refractivity (Wildman–Crippen MR) is 123 cm³/mol. The number of hydrogen-bond donors (Lipinski definition) is 2. The van der Waals surface area contributed by atoms with Crippen LogP contribution in [-0.4, -0.2) is 56.7 Å². The maximum atomic E-state index is 5.97. The predicted octanol–water partition coefficient (Wildman–Crippen LogP) is 3.29. The van der Waals surface area contributed by atoms with E-state index in [9.17, 15) is 0 Å². The lowest BCUT2D eigenvalue weighted by Crippen LogP contribution is -2.42. The van der Waals surface area contributed by atoms with E-state index >= 15 is 0 Å². The summed E-state index contributed by atoms with van der Waals surface area (Å²) in [6, 6.07) is 8.29. The summed E-state index contributed by atoms with van der Waals surface area (Å²) < 4.78 is 5.97. The number of ether oxygens (including phenoxy) is 1. The molecule has 1 saturated heterocycles. The third-order valence-corrected chi connectivity index (χ3v) is 5.37. The van der Waals surface area contributed by atoms with Crippen LogP contribution in [0.2, 0.25) is 0 Å². The van der Waals surface area contributed by atoms with E-state index in [2.05, 4.69) is 39.6 Å². The zero-order chi connectivity index (χ0) is 18.2. The molecule has 1 fully saturated rings. The zero-order valence-corrected chi connectivity index (χ0v) is 19.1. The van der Waals surface area contributed by atoms with Gasteiger partial charge in [-0.15, -0.1) is 24.0 Å². The molecule has 2 unspecified atom stereocenters. The van der Waals surface area contributed by atoms with Gasteiger partial charge in [-0.2, -0.15) is 0 Å². The van der Waals surface area contributed by atoms with Crippen molar-refractivity contribution >= 4 is 29.9 Å². The topological polar surface area (TPSA) is 48.9 Å². The minimum atomic E-state index is 0. The molecule has 2 atom stereocenters. The minimum absolute atomic E-state index is 0. The summed E-state index contributed by atoms with van der Waals surface area (Å²) in [7, 11) is 1.83. The number of halogens is 1. The van der Waals surface area contributed by atoms with Crippen LogP contribution in [0.25, 0.3) is 0 Å². The van der Waals surface area contributed by atoms with Crippen LogP contribution >= 0.6 is 24.0 Å². The Hall–Kier alpha value is -1.02. The molecule has 1 aromatic carbocycles. The van der Waals surface area contributed by atoms with E-state index in [0.717, 1.165) is 37.1 Å². The Morgan fingerprint density at radius 2 is 2.11 bits per heavy atom. The van der Waals surface area contributed by atoms with Crippen molar-refractivity contribution < 1.29 is 4.74 Å². The Morgan fingerprint density at radius 1 is 1.26 bits per heavy atom. The van der Waals surface area contributed by atoms with Gasteiger partial charge in [-0.05, 0) is 56.3 Å². The highest BCUT2D eigenvalue weighted by Crippen LogP contribution is 2.27. The first-order chi connectivity index (χ1) is 12.7. The average molecular weight is 486 g/mol. The second kappa shape index (κ2) is 11.7. The van der Waals surface area contributed by atoms with Crippen molar-refractivity contribution in [2.24, 2.45) is 10.9 Å². The largest absolute Gasteiger partial charge is 0.488 e. The third kappa shape index (κ3) is 7.14. The van der Waals surface area contributed by atoms with Crippen molar-refractivity contribution in [1.82, 2.24) is 15.5 Å². The first kappa shape index (κ1) is 22.3. The van der Waals surface area contributed by atoms with Crippen LogP contribution in [-0.2, 0) is 6.42 Å². The Labute approximate surface area is 181 Å². The summed E-state index contributed by atoms with van der Waals surface area (Å²) in [6.07, 6.45) is 6.34. The number of rotatable bonds is 7. The summed E-state index contributed by atoms with van der Waals surface area (Å²) in [5.41, 5.74) is 1.30. The van der Waals surface area contributed by atoms with Crippen molar-refractivity contribution in [3.8, 4) is 5.75 Å². The van der Waals surface area contributed by atoms with Gasteiger partial charge in [0.2, 0.25) is 0 Å². The summed E-state index contributed by atoms with van der Waals surface area (Å²) in [4.78, 5) is 6.95. The molecule has 2 aliphatic rings. The molecular formula is C21H35IN4O. The van der Waals surface area contributed by atoms with E-state index in [1.807, 2.05) is 19.2 Å². The maximum absolute atomic E-state index is 5.97. The number of likely N-dealkylation sites (tertiary alicyclic amines) is 1. The van der Waals surface area contributed by atoms with Crippen LogP contribution in [0.5, 0.6) is 5.75 Å². The lowest BCUT2D eigenvalue weighted by atomic mass is 10.0. The molecule has 2 N–H and O–H groups in total. The van der Waals surface area contributed by atoms with E-state index < -0.39 is 0 Å². The molecule has 0 aliphatic carbocycles. The lowest BCUT2D eigenvalue weighted by molar-refractivity contribution is 0.181. The van der Waals surface area contributed by atoms with Crippen molar-refractivity contribution in [3.63, 3.8) is 0 Å². The van der Waals surface area contributed by atoms with E-state index in [1.165, 1.54) is 50.9 Å². The van der Waals surface area contributed by atoms with Crippen molar-refractivity contribution in [2.75, 3.05) is 39.8 Å². The molecule has 2 aliphatic heterocycles. The molecule has 152 valence electrons. The molecule has 6 heteroatoms. The van der Waals surface area contributed by atoms with Gasteiger partial charge in [0.05, 0.1) is 6.54 Å². The van der Waals surface area contributed by atoms with Crippen molar-refractivity contribution in [2.45, 2.75) is 45.1 Å². The molecule has 2 heterocycles. The monoisotopic (exact) mass is 486 g/mol. The van der Waals surface area contributed by atoms with Gasteiger partial charge < -0.3 is 20.3 Å². The van der Waals surface area contributed by atoms with E-state index in [4.69, 9.17) is 4.74 Å². The fraction of sp³-hybridized carbons (Fsp3) is 0.667. The van der Waals surface area contributed by atoms with Crippen LogP contribution < -0.4 is 15.4 Å². The number of unbranched alkanes of at least 4 members (excludes halogenated alkanes) is 1. The highest BCUT2D eigenvalue weighted by atomic mass is 127. The molecule has 0 amide bonds. The number of nitrogens with one attached hydrogen (secondary N) is 2. The number of benzene rings is 1. The summed E-state index contributed by atoms with van der Waals surface area (Å²) in [6.45, 7) is 7.90. The summed E-state index contributed by atoms with van der Waals surface area (Å²) >= 11 is 0. The molecule has 3 rings (SSSR count). The summed E-state index contributed by atoms with van der Waals surface area (Å²) in [5, 5.41) is 6.82. The van der Waals surface area contributed by atoms with Gasteiger partial charge in [0.15, 0.2) is 5.96 Å². The fourth-order valence-electron chi connectivity index (χ4n) is 3.96. The smallest absolute Gasteiger partial charge is 0.191 e. The van der Waals surface area contributed by atoms with Crippen molar-refractivity contribution in [1.29, 1.82) is 0 Å². The molecule has 0 saturated carbocycles. The number of aliphatic imine (C=N–C) groups is 1. The molecule has 27 heavy (non-hydrogen) atoms. The number of nitrogens with zero attached hydrogens (tertiary/aromatic N) is 2. The first-order valence-corrected chi connectivity index (χ1v) is 10.2. The van der Waals surface area contributed by atoms with Crippen molar-refractivity contribution in [3.05, 3.63) is 29.8 Å². The van der Waals surface area contributed by atoms with Gasteiger partial charge in [0.1, 0.15) is 11.9 Å². The molecule has 5 nitrogen and oxygen atoms in total. The Balaban J connectivity index is 0.00000261. The highest BCUT2D eigenvalue weighted by molar-refractivity contribution is 14.0. The average Bonchev–Trinajstić information content (AvgIpc) is 3.07. The number of para-hydroxylation sites is 1. The van der Waals surface area contributed by atoms with Gasteiger partial charge in [0.25, 0.3) is 0 Å². The van der Waals surface area contributed by atoms with Crippen LogP contribution in [0, 0.1) is 5.92 Å². The number of fused-ring (bicyclic) bond motifs is 1. The van der Waals surface area contributed by atoms with E-state index in [-0.39, 0.29) is 30.1 Å². The quantitative estimate of drug-likeness (QED) is 0.269. The van der Waals surface area contributed by atoms with Crippen LogP contribution in [0.1, 0.15) is 38.2 Å². The number of hydrogen-bond acceptors (Lipinski definition) is 3. The molecule has 0 spiro atoms. The number of guanidine groups is 1. The highest BCUT2D eigenvalue weighted by Gasteiger charge is 2.22. The third-order valence-electron chi connectivity index (χ3n) is 5.37. The first-order valence-electron chi connectivity index (χ1n) is 10.2. The minimum Gasteiger partial charge on any atom is -0.488 e. The van der Waals surface area contributed by atoms with Crippen LogP contribution in [0.15, 0.2) is 29.3 Å². The lowest BCUT2D eigenvalue weighted by Gasteiger charge is -2.30. The molecular weight excluding hydrogens is 451 g/mol. The van der Waals surface area contributed by atoms with Crippen LogP contribution in [0.3, 0.4) is 0 Å². The molecule has 0 bridgehead atoms. The van der Waals surface area contributed by atoms with Gasteiger partial charge in [-0.25, -0.2) is 0 Å². The van der Waals surface area contributed by atoms with E-state index in [0.29, 0.717) is 0 Å². The van der Waals surface area contributed by atoms with Crippen LogP contribution in [0.4, 0.5) is 0 Å². The second-order valence-corrected chi connectivity index (χ2v) is 7.69. The standard InChI is InChI=1S/C21H34N4O.HI/c1-17-8-7-13-25(16-17)12-6-5-11-23-21(22-2)24-15-19-14-18-9-3-4-10-20(18)26-19;/h3-4,9-10,17,19H,5-8,11-16H2,1-2H3,(H2,22,23,24);1H. The zero-order valence-electron chi connectivity index (χ0n) is 16.7. The Kier molecular flexibility index (Phi) is 9.68. The van der Waals surface area contributed by atoms with Gasteiger partial charge in [-0.1, -0.05) is 25.1 Å². The normalized spacial score (nSPS) is 22.5. The Bertz CT molecular complexity index is 570. The summed E-state index contributed by atoms with van der Waals surface area (Å²) in [5.74, 6) is 2.76. The molecule has 0 aromatic heterocycles. The van der Waals surface area contributed by atoms with Gasteiger partial charge in [0, 0.05) is 26.6 Å².